The topological polar surface area (TPSA) is 3.24 Å². The van der Waals surface area contributed by atoms with Gasteiger partial charge in [-0.2, -0.15) is 0 Å². The van der Waals surface area contributed by atoms with Crippen molar-refractivity contribution in [2.45, 2.75) is 0 Å². The maximum absolute atomic E-state index is 2.28. The van der Waals surface area contributed by atoms with Crippen LogP contribution in [-0.4, -0.2) is 22.5 Å². The summed E-state index contributed by atoms with van der Waals surface area (Å²) < 4.78 is 1.40. The van der Waals surface area contributed by atoms with E-state index in [1.54, 1.807) is 0 Å². The number of benzene rings is 3. The van der Waals surface area contributed by atoms with Crippen LogP contribution in [0.4, 0.5) is 17.1 Å². The fourth-order valence-electron chi connectivity index (χ4n) is 2.22. The molecule has 96 valence electrons. The van der Waals surface area contributed by atoms with E-state index in [-0.39, 0.29) is 0 Å². The van der Waals surface area contributed by atoms with E-state index in [9.17, 15) is 0 Å². The zero-order valence-electron chi connectivity index (χ0n) is 11.1. The van der Waals surface area contributed by atoms with Crippen molar-refractivity contribution in [3.63, 3.8) is 0 Å². The van der Waals surface area contributed by atoms with Crippen molar-refractivity contribution in [3.05, 3.63) is 84.9 Å². The predicted molar refractivity (Wildman–Crippen MR) is 87.9 cm³/mol. The Labute approximate surface area is 133 Å². The standard InChI is InChI=1S/C18H14N.Sn.H/c1-4-10-16(11-5-1)19(17-12-6-2-7-13-17)18-14-8-3-9-15-18;;/h1-2,4-15H;;. The molecule has 2 heteroatoms. The average molecular weight is 364 g/mol. The third-order valence-corrected chi connectivity index (χ3v) is 4.28. The first-order chi connectivity index (χ1) is 9.84. The molecular formula is C18H15NSn. The van der Waals surface area contributed by atoms with Crippen molar-refractivity contribution < 1.29 is 0 Å². The third kappa shape index (κ3) is 2.88. The second-order valence-corrected chi connectivity index (χ2v) is 6.50. The number of nitrogens with zero attached hydrogens (tertiary/aromatic N) is 1. The molecular weight excluding hydrogens is 349 g/mol. The minimum absolute atomic E-state index is 1.15. The molecule has 2 radical (unpaired) electrons. The summed E-state index contributed by atoms with van der Waals surface area (Å²) in [5, 5.41) is 0. The molecule has 20 heavy (non-hydrogen) atoms. The van der Waals surface area contributed by atoms with Crippen molar-refractivity contribution in [2.24, 2.45) is 0 Å². The Balaban J connectivity index is 2.11. The molecule has 0 atom stereocenters. The Morgan fingerprint density at radius 2 is 0.900 bits per heavy atom. The van der Waals surface area contributed by atoms with Gasteiger partial charge in [-0.05, 0) is 0 Å². The minimum atomic E-state index is 1.15. The third-order valence-electron chi connectivity index (χ3n) is 3.18. The summed E-state index contributed by atoms with van der Waals surface area (Å²) in [6.45, 7) is 0. The van der Waals surface area contributed by atoms with Crippen LogP contribution in [0.5, 0.6) is 0 Å². The second kappa shape index (κ2) is 6.14. The normalized spacial score (nSPS) is 10.2. The Morgan fingerprint density at radius 1 is 0.500 bits per heavy atom. The van der Waals surface area contributed by atoms with Crippen LogP contribution < -0.4 is 8.48 Å². The van der Waals surface area contributed by atoms with Gasteiger partial charge in [-0.3, -0.25) is 0 Å². The first-order valence-electron chi connectivity index (χ1n) is 6.60. The van der Waals surface area contributed by atoms with Gasteiger partial charge in [0.05, 0.1) is 0 Å². The first-order valence-corrected chi connectivity index (χ1v) is 8.25. The second-order valence-electron chi connectivity index (χ2n) is 4.60. The van der Waals surface area contributed by atoms with E-state index in [0.717, 1.165) is 22.5 Å². The zero-order valence-corrected chi connectivity index (χ0v) is 14.4. The van der Waals surface area contributed by atoms with Gasteiger partial charge in [-0.15, -0.1) is 0 Å². The predicted octanol–water partition coefficient (Wildman–Crippen LogP) is 3.68. The Morgan fingerprint density at radius 3 is 1.35 bits per heavy atom. The van der Waals surface area contributed by atoms with Crippen LogP contribution in [0.2, 0.25) is 0 Å². The van der Waals surface area contributed by atoms with E-state index >= 15 is 0 Å². The first kappa shape index (κ1) is 13.3. The van der Waals surface area contributed by atoms with E-state index in [1.165, 1.54) is 20.6 Å². The molecule has 0 fully saturated rings. The molecule has 1 nitrogen and oxygen atoms in total. The number of hydrogen-bond acceptors (Lipinski definition) is 1. The van der Waals surface area contributed by atoms with Gasteiger partial charge in [0.25, 0.3) is 0 Å². The fourth-order valence-corrected chi connectivity index (χ4v) is 2.77. The van der Waals surface area contributed by atoms with Gasteiger partial charge in [0.2, 0.25) is 0 Å². The van der Waals surface area contributed by atoms with Crippen molar-refractivity contribution in [1.82, 2.24) is 0 Å². The molecule has 0 heterocycles. The quantitative estimate of drug-likeness (QED) is 0.641. The Hall–Kier alpha value is -1.74. The molecule has 0 aromatic heterocycles. The summed E-state index contributed by atoms with van der Waals surface area (Å²) in [6, 6.07) is 29.8. The number of anilines is 3. The number of rotatable bonds is 3. The molecule has 0 spiro atoms. The van der Waals surface area contributed by atoms with Gasteiger partial charge in [-0.1, -0.05) is 0 Å². The van der Waals surface area contributed by atoms with Crippen LogP contribution in [-0.2, 0) is 0 Å². The Kier molecular flexibility index (Phi) is 4.07. The van der Waals surface area contributed by atoms with Gasteiger partial charge in [0, 0.05) is 0 Å². The summed E-state index contributed by atoms with van der Waals surface area (Å²) >= 11 is 1.15. The van der Waals surface area contributed by atoms with Gasteiger partial charge >= 0.3 is 133 Å². The molecule has 3 rings (SSSR count). The molecule has 3 aromatic carbocycles. The summed E-state index contributed by atoms with van der Waals surface area (Å²) in [7, 11) is 0. The summed E-state index contributed by atoms with van der Waals surface area (Å²) in [5.74, 6) is 0. The van der Waals surface area contributed by atoms with Crippen molar-refractivity contribution in [2.75, 3.05) is 4.90 Å². The summed E-state index contributed by atoms with van der Waals surface area (Å²) in [5.41, 5.74) is 3.55. The molecule has 0 saturated heterocycles. The summed E-state index contributed by atoms with van der Waals surface area (Å²) in [6.07, 6.45) is 0. The van der Waals surface area contributed by atoms with E-state index in [2.05, 4.69) is 77.7 Å². The molecule has 0 aliphatic rings. The molecule has 0 bridgehead atoms. The van der Waals surface area contributed by atoms with Crippen LogP contribution >= 0.6 is 0 Å². The molecule has 0 aliphatic heterocycles. The van der Waals surface area contributed by atoms with Gasteiger partial charge < -0.3 is 0 Å². The SMILES string of the molecule is [SnH][c]1ccc(N(c2ccccc2)c2ccccc2)cc1. The molecule has 0 amide bonds. The molecule has 0 saturated carbocycles. The van der Waals surface area contributed by atoms with Crippen molar-refractivity contribution >= 4 is 43.2 Å². The van der Waals surface area contributed by atoms with E-state index in [0.29, 0.717) is 0 Å². The van der Waals surface area contributed by atoms with Crippen molar-refractivity contribution in [1.29, 1.82) is 0 Å². The summed E-state index contributed by atoms with van der Waals surface area (Å²) in [4.78, 5) is 2.28. The average Bonchev–Trinajstić information content (AvgIpc) is 2.52. The maximum atomic E-state index is 2.28. The van der Waals surface area contributed by atoms with Crippen LogP contribution in [0.1, 0.15) is 0 Å². The Bertz CT molecular complexity index is 623. The van der Waals surface area contributed by atoms with Gasteiger partial charge in [-0.25, -0.2) is 0 Å². The van der Waals surface area contributed by atoms with Crippen LogP contribution in [0.25, 0.3) is 0 Å². The number of hydrogen-bond donors (Lipinski definition) is 0. The van der Waals surface area contributed by atoms with Crippen LogP contribution in [0.15, 0.2) is 84.9 Å². The van der Waals surface area contributed by atoms with E-state index in [1.807, 2.05) is 12.1 Å². The van der Waals surface area contributed by atoms with Crippen molar-refractivity contribution in [3.8, 4) is 0 Å². The molecule has 0 unspecified atom stereocenters. The zero-order chi connectivity index (χ0) is 13.8. The van der Waals surface area contributed by atoms with E-state index in [4.69, 9.17) is 0 Å². The van der Waals surface area contributed by atoms with E-state index < -0.39 is 0 Å². The van der Waals surface area contributed by atoms with Gasteiger partial charge in [0.15, 0.2) is 0 Å². The van der Waals surface area contributed by atoms with Crippen LogP contribution in [0, 0.1) is 0 Å². The number of para-hydroxylation sites is 2. The van der Waals surface area contributed by atoms with Gasteiger partial charge in [0.1, 0.15) is 0 Å². The fraction of sp³-hybridized carbons (Fsp3) is 0. The molecule has 0 aliphatic carbocycles. The monoisotopic (exact) mass is 365 g/mol. The molecule has 3 aromatic rings. The van der Waals surface area contributed by atoms with Crippen LogP contribution in [0.3, 0.4) is 0 Å². The molecule has 0 N–H and O–H groups in total.